The molecular formula is C15H17F3N6O2. The van der Waals surface area contributed by atoms with Gasteiger partial charge in [-0.05, 0) is 12.5 Å². The SMILES string of the molecule is NC(=O)c1cnc2[nH]ccc2c1NN1CC[C@H](C(=O)NCC(F)(F)F)C1. The van der Waals surface area contributed by atoms with Gasteiger partial charge in [-0.3, -0.25) is 9.59 Å². The standard InChI is InChI=1S/C15H17F3N6O2/c16-15(17,18)7-22-14(26)8-2-4-24(6-8)23-11-9-1-3-20-13(9)21-5-10(11)12(19)25/h1,3,5,8H,2,4,6-7H2,(H2,19,25)(H,22,26)(H2,20,21,23)/t8-/m0/s1. The lowest BCUT2D eigenvalue weighted by Gasteiger charge is -2.21. The van der Waals surface area contributed by atoms with Gasteiger partial charge in [-0.15, -0.1) is 0 Å². The van der Waals surface area contributed by atoms with E-state index in [2.05, 4.69) is 15.4 Å². The molecule has 0 bridgehead atoms. The van der Waals surface area contributed by atoms with Gasteiger partial charge < -0.3 is 21.5 Å². The second-order valence-electron chi connectivity index (χ2n) is 6.03. The first-order valence-electron chi connectivity index (χ1n) is 7.86. The fraction of sp³-hybridized carbons (Fsp3) is 0.400. The van der Waals surface area contributed by atoms with Crippen LogP contribution in [0.4, 0.5) is 18.9 Å². The Bertz CT molecular complexity index is 834. The van der Waals surface area contributed by atoms with Crippen LogP contribution in [0.15, 0.2) is 18.5 Å². The van der Waals surface area contributed by atoms with Gasteiger partial charge in [0.25, 0.3) is 5.91 Å². The van der Waals surface area contributed by atoms with E-state index in [-0.39, 0.29) is 12.1 Å². The maximum Gasteiger partial charge on any atom is 0.405 e. The first kappa shape index (κ1) is 18.0. The molecule has 1 aliphatic rings. The fourth-order valence-corrected chi connectivity index (χ4v) is 2.88. The Balaban J connectivity index is 1.70. The van der Waals surface area contributed by atoms with Crippen LogP contribution in [-0.2, 0) is 4.79 Å². The van der Waals surface area contributed by atoms with E-state index in [1.54, 1.807) is 17.3 Å². The molecule has 1 saturated heterocycles. The Morgan fingerprint density at radius 3 is 2.88 bits per heavy atom. The number of hydrogen-bond acceptors (Lipinski definition) is 5. The number of nitrogens with two attached hydrogens (primary N) is 1. The van der Waals surface area contributed by atoms with Crippen molar-refractivity contribution in [3.63, 3.8) is 0 Å². The molecule has 11 heteroatoms. The molecule has 2 amide bonds. The number of nitrogens with zero attached hydrogens (tertiary/aromatic N) is 2. The van der Waals surface area contributed by atoms with Gasteiger partial charge in [0.15, 0.2) is 0 Å². The molecule has 2 aromatic heterocycles. The summed E-state index contributed by atoms with van der Waals surface area (Å²) in [5.41, 5.74) is 9.61. The number of hydrogen-bond donors (Lipinski definition) is 4. The summed E-state index contributed by atoms with van der Waals surface area (Å²) in [5.74, 6) is -1.89. The van der Waals surface area contributed by atoms with Gasteiger partial charge in [0, 0.05) is 30.9 Å². The number of primary amides is 1. The lowest BCUT2D eigenvalue weighted by atomic mass is 10.1. The third-order valence-corrected chi connectivity index (χ3v) is 4.14. The molecule has 0 spiro atoms. The van der Waals surface area contributed by atoms with Gasteiger partial charge in [0.05, 0.1) is 17.2 Å². The number of anilines is 1. The van der Waals surface area contributed by atoms with Crippen molar-refractivity contribution in [1.82, 2.24) is 20.3 Å². The van der Waals surface area contributed by atoms with Crippen LogP contribution in [0.3, 0.4) is 0 Å². The zero-order valence-corrected chi connectivity index (χ0v) is 13.6. The quantitative estimate of drug-likeness (QED) is 0.626. The van der Waals surface area contributed by atoms with Crippen LogP contribution in [0.25, 0.3) is 11.0 Å². The normalized spacial score (nSPS) is 18.2. The Hall–Kier alpha value is -2.82. The van der Waals surface area contributed by atoms with Gasteiger partial charge in [-0.2, -0.15) is 13.2 Å². The summed E-state index contributed by atoms with van der Waals surface area (Å²) >= 11 is 0. The lowest BCUT2D eigenvalue weighted by Crippen LogP contribution is -2.39. The number of carbonyl (C=O) groups excluding carboxylic acids is 2. The molecule has 1 fully saturated rings. The topological polar surface area (TPSA) is 116 Å². The van der Waals surface area contributed by atoms with Crippen LogP contribution >= 0.6 is 0 Å². The molecule has 0 unspecified atom stereocenters. The molecule has 8 nitrogen and oxygen atoms in total. The number of fused-ring (bicyclic) bond motifs is 1. The molecule has 26 heavy (non-hydrogen) atoms. The summed E-state index contributed by atoms with van der Waals surface area (Å²) in [4.78, 5) is 30.6. The van der Waals surface area contributed by atoms with E-state index >= 15 is 0 Å². The van der Waals surface area contributed by atoms with Crippen molar-refractivity contribution in [3.05, 3.63) is 24.0 Å². The molecule has 3 heterocycles. The molecule has 1 aliphatic heterocycles. The molecule has 0 aromatic carbocycles. The van der Waals surface area contributed by atoms with Crippen molar-refractivity contribution in [1.29, 1.82) is 0 Å². The van der Waals surface area contributed by atoms with Gasteiger partial charge in [-0.25, -0.2) is 9.99 Å². The summed E-state index contributed by atoms with van der Waals surface area (Å²) < 4.78 is 36.6. The molecular weight excluding hydrogens is 353 g/mol. The number of halogens is 3. The van der Waals surface area contributed by atoms with Crippen molar-refractivity contribution in [2.24, 2.45) is 11.7 Å². The molecule has 1 atom stereocenters. The van der Waals surface area contributed by atoms with Crippen molar-refractivity contribution >= 4 is 28.5 Å². The summed E-state index contributed by atoms with van der Waals surface area (Å²) in [6.45, 7) is -0.720. The summed E-state index contributed by atoms with van der Waals surface area (Å²) in [6, 6.07) is 1.72. The number of alkyl halides is 3. The molecule has 3 rings (SSSR count). The predicted molar refractivity (Wildman–Crippen MR) is 87.0 cm³/mol. The number of rotatable bonds is 5. The number of carbonyl (C=O) groups is 2. The highest BCUT2D eigenvalue weighted by Gasteiger charge is 2.33. The number of pyridine rings is 1. The zero-order chi connectivity index (χ0) is 18.9. The van der Waals surface area contributed by atoms with E-state index in [0.29, 0.717) is 29.7 Å². The average molecular weight is 370 g/mol. The van der Waals surface area contributed by atoms with Crippen LogP contribution in [0.2, 0.25) is 0 Å². The minimum absolute atomic E-state index is 0.182. The number of aromatic amines is 1. The monoisotopic (exact) mass is 370 g/mol. The van der Waals surface area contributed by atoms with Crippen LogP contribution in [-0.4, -0.2) is 52.6 Å². The van der Waals surface area contributed by atoms with E-state index in [1.165, 1.54) is 6.20 Å². The van der Waals surface area contributed by atoms with Gasteiger partial charge in [-0.1, -0.05) is 0 Å². The number of nitrogens with one attached hydrogen (secondary N) is 3. The van der Waals surface area contributed by atoms with Crippen LogP contribution in [0.1, 0.15) is 16.8 Å². The number of H-pyrrole nitrogens is 1. The minimum atomic E-state index is -4.44. The first-order chi connectivity index (χ1) is 12.2. The Labute approximate surface area is 145 Å². The van der Waals surface area contributed by atoms with E-state index in [0.717, 1.165) is 0 Å². The zero-order valence-electron chi connectivity index (χ0n) is 13.6. The maximum atomic E-state index is 12.2. The van der Waals surface area contributed by atoms with E-state index in [1.807, 2.05) is 5.32 Å². The first-order valence-corrected chi connectivity index (χ1v) is 7.86. The Morgan fingerprint density at radius 1 is 1.42 bits per heavy atom. The van der Waals surface area contributed by atoms with E-state index < -0.39 is 30.5 Å². The van der Waals surface area contributed by atoms with Crippen molar-refractivity contribution in [3.8, 4) is 0 Å². The molecule has 0 aliphatic carbocycles. The maximum absolute atomic E-state index is 12.2. The van der Waals surface area contributed by atoms with Crippen LogP contribution in [0.5, 0.6) is 0 Å². The minimum Gasteiger partial charge on any atom is -0.365 e. The van der Waals surface area contributed by atoms with E-state index in [9.17, 15) is 22.8 Å². The highest BCUT2D eigenvalue weighted by molar-refractivity contribution is 6.05. The highest BCUT2D eigenvalue weighted by Crippen LogP contribution is 2.27. The van der Waals surface area contributed by atoms with Crippen LogP contribution in [0, 0.1) is 5.92 Å². The number of amides is 2. The molecule has 2 aromatic rings. The Morgan fingerprint density at radius 2 is 2.19 bits per heavy atom. The Kier molecular flexibility index (Phi) is 4.72. The molecule has 0 radical (unpaired) electrons. The smallest absolute Gasteiger partial charge is 0.365 e. The fourth-order valence-electron chi connectivity index (χ4n) is 2.88. The second-order valence-corrected chi connectivity index (χ2v) is 6.03. The largest absolute Gasteiger partial charge is 0.405 e. The summed E-state index contributed by atoms with van der Waals surface area (Å²) in [7, 11) is 0. The number of hydrazine groups is 1. The van der Waals surface area contributed by atoms with Gasteiger partial charge >= 0.3 is 6.18 Å². The van der Waals surface area contributed by atoms with Gasteiger partial charge in [0.1, 0.15) is 12.2 Å². The summed E-state index contributed by atoms with van der Waals surface area (Å²) in [6.07, 6.45) is -1.05. The van der Waals surface area contributed by atoms with Crippen molar-refractivity contribution in [2.75, 3.05) is 25.1 Å². The van der Waals surface area contributed by atoms with Crippen molar-refractivity contribution in [2.45, 2.75) is 12.6 Å². The molecule has 5 N–H and O–H groups in total. The predicted octanol–water partition coefficient (Wildman–Crippen LogP) is 0.989. The third-order valence-electron chi connectivity index (χ3n) is 4.14. The highest BCUT2D eigenvalue weighted by atomic mass is 19.4. The average Bonchev–Trinajstić information content (AvgIpc) is 3.20. The second kappa shape index (κ2) is 6.83. The van der Waals surface area contributed by atoms with Crippen LogP contribution < -0.4 is 16.5 Å². The number of aromatic nitrogens is 2. The third kappa shape index (κ3) is 3.87. The molecule has 140 valence electrons. The molecule has 0 saturated carbocycles. The van der Waals surface area contributed by atoms with E-state index in [4.69, 9.17) is 5.73 Å². The van der Waals surface area contributed by atoms with Crippen molar-refractivity contribution < 1.29 is 22.8 Å². The summed E-state index contributed by atoms with van der Waals surface area (Å²) in [5, 5.41) is 4.21. The lowest BCUT2D eigenvalue weighted by molar-refractivity contribution is -0.140. The van der Waals surface area contributed by atoms with Gasteiger partial charge in [0.2, 0.25) is 5.91 Å².